The van der Waals surface area contributed by atoms with Crippen LogP contribution < -0.4 is 5.43 Å². The van der Waals surface area contributed by atoms with Crippen LogP contribution in [0.15, 0.2) is 78.3 Å². The van der Waals surface area contributed by atoms with Gasteiger partial charge in [-0.2, -0.15) is 0 Å². The van der Waals surface area contributed by atoms with Gasteiger partial charge in [0, 0.05) is 56.1 Å². The number of carbonyl (C=O) groups excluding carboxylic acids is 1. The maximum absolute atomic E-state index is 11.8. The molecule has 41 heavy (non-hydrogen) atoms. The lowest BCUT2D eigenvalue weighted by Gasteiger charge is -2.32. The molecule has 9 nitrogen and oxygen atoms in total. The van der Waals surface area contributed by atoms with Crippen LogP contribution in [0, 0.1) is 4.91 Å². The average Bonchev–Trinajstić information content (AvgIpc) is 3.42. The lowest BCUT2D eigenvalue weighted by atomic mass is 9.88. The van der Waals surface area contributed by atoms with Gasteiger partial charge in [0.15, 0.2) is 0 Å². The van der Waals surface area contributed by atoms with Crippen molar-refractivity contribution in [3.8, 4) is 0 Å². The second kappa shape index (κ2) is 12.7. The number of fused-ring (bicyclic) bond motifs is 1. The molecule has 0 saturated carbocycles. The predicted octanol–water partition coefficient (Wildman–Crippen LogP) is 4.71. The Morgan fingerprint density at radius 2 is 1.59 bits per heavy atom. The molecule has 0 unspecified atom stereocenters. The zero-order chi connectivity index (χ0) is 28.0. The van der Waals surface area contributed by atoms with E-state index in [2.05, 4.69) is 62.2 Å². The molecule has 2 saturated heterocycles. The molecule has 6 rings (SSSR count). The Labute approximate surface area is 240 Å². The number of carbonyl (C=O) groups is 1. The summed E-state index contributed by atoms with van der Waals surface area (Å²) in [6, 6.07) is 20.6. The summed E-state index contributed by atoms with van der Waals surface area (Å²) in [5, 5.41) is 3.67. The average molecular weight is 553 g/mol. The minimum atomic E-state index is -0.507. The van der Waals surface area contributed by atoms with Gasteiger partial charge in [-0.3, -0.25) is 14.6 Å². The fraction of sp³-hybridized carbons (Fsp3) is 0.375. The molecule has 4 aromatic rings. The van der Waals surface area contributed by atoms with Gasteiger partial charge in [-0.15, -0.1) is 4.91 Å². The van der Waals surface area contributed by atoms with Gasteiger partial charge in [0.05, 0.1) is 18.5 Å². The van der Waals surface area contributed by atoms with Crippen molar-refractivity contribution in [1.29, 1.82) is 0 Å². The van der Waals surface area contributed by atoms with Gasteiger partial charge in [-0.05, 0) is 78.4 Å². The van der Waals surface area contributed by atoms with Crippen LogP contribution in [0.25, 0.3) is 11.0 Å². The molecule has 0 atom stereocenters. The smallest absolute Gasteiger partial charge is 0.273 e. The first-order valence-electron chi connectivity index (χ1n) is 14.4. The van der Waals surface area contributed by atoms with Gasteiger partial charge in [0.2, 0.25) is 0 Å². The number of amides is 1. The maximum Gasteiger partial charge on any atom is 0.273 e. The topological polar surface area (TPSA) is 92.1 Å². The summed E-state index contributed by atoms with van der Waals surface area (Å²) in [4.78, 5) is 31.9. The standard InChI is InChI=1S/C32H36N6O3/c39-32(34-35-40)28-6-4-24(5-7-28)23-38-15-11-30-29(8-12-33-31(30)38)27-9-13-36(14-10-27)21-25-2-1-3-26(20-25)22-37-16-18-41-19-17-37/h1-8,11-12,15,20,27H,9-10,13-14,16-19,21-23H2,(H,34,39,40). The number of ether oxygens (including phenoxy) is 1. The van der Waals surface area contributed by atoms with Crippen LogP contribution in [0.5, 0.6) is 0 Å². The minimum Gasteiger partial charge on any atom is -0.379 e. The Bertz CT molecular complexity index is 1490. The van der Waals surface area contributed by atoms with E-state index < -0.39 is 5.91 Å². The number of nitroso groups, excluding NO2 is 1. The third-order valence-corrected chi connectivity index (χ3v) is 8.35. The molecule has 1 N–H and O–H groups in total. The molecule has 1 amide bonds. The van der Waals surface area contributed by atoms with Crippen LogP contribution in [-0.2, 0) is 24.4 Å². The van der Waals surface area contributed by atoms with E-state index in [4.69, 9.17) is 9.72 Å². The first-order chi connectivity index (χ1) is 20.2. The highest BCUT2D eigenvalue weighted by Gasteiger charge is 2.23. The van der Waals surface area contributed by atoms with Crippen molar-refractivity contribution in [3.05, 3.63) is 106 Å². The largest absolute Gasteiger partial charge is 0.379 e. The first kappa shape index (κ1) is 27.3. The third kappa shape index (κ3) is 6.53. The van der Waals surface area contributed by atoms with Crippen LogP contribution in [0.1, 0.15) is 51.4 Å². The number of pyridine rings is 1. The molecule has 0 spiro atoms. The van der Waals surface area contributed by atoms with E-state index in [1.807, 2.05) is 23.8 Å². The van der Waals surface area contributed by atoms with Crippen molar-refractivity contribution in [2.45, 2.75) is 38.4 Å². The predicted molar refractivity (Wildman–Crippen MR) is 158 cm³/mol. The molecule has 2 aliphatic rings. The van der Waals surface area contributed by atoms with E-state index in [1.165, 1.54) is 22.1 Å². The van der Waals surface area contributed by atoms with Gasteiger partial charge in [0.1, 0.15) is 5.65 Å². The Kier molecular flexibility index (Phi) is 8.46. The normalized spacial score (nSPS) is 17.1. The summed E-state index contributed by atoms with van der Waals surface area (Å²) in [6.45, 7) is 8.51. The number of hydrogen-bond donors (Lipinski definition) is 1. The molecule has 2 aromatic carbocycles. The van der Waals surface area contributed by atoms with E-state index in [0.29, 0.717) is 18.0 Å². The number of morpholine rings is 1. The molecule has 212 valence electrons. The highest BCUT2D eigenvalue weighted by molar-refractivity contribution is 5.93. The molecule has 4 heterocycles. The molecule has 0 radical (unpaired) electrons. The number of likely N-dealkylation sites (tertiary alicyclic amines) is 1. The van der Waals surface area contributed by atoms with E-state index in [0.717, 1.165) is 76.5 Å². The van der Waals surface area contributed by atoms with Crippen LogP contribution in [0.2, 0.25) is 0 Å². The number of hydrogen-bond acceptors (Lipinski definition) is 7. The number of aromatic nitrogens is 2. The molecular weight excluding hydrogens is 516 g/mol. The molecule has 0 aliphatic carbocycles. The van der Waals surface area contributed by atoms with E-state index in [1.54, 1.807) is 12.1 Å². The Morgan fingerprint density at radius 3 is 2.29 bits per heavy atom. The van der Waals surface area contributed by atoms with Crippen molar-refractivity contribution in [2.75, 3.05) is 39.4 Å². The van der Waals surface area contributed by atoms with Gasteiger partial charge < -0.3 is 9.30 Å². The SMILES string of the molecule is O=NNC(=O)c1ccc(Cn2ccc3c(C4CCN(Cc5cccc(CN6CCOCC6)c5)CC4)ccnc32)cc1. The number of nitrogens with zero attached hydrogens (tertiary/aromatic N) is 5. The van der Waals surface area contributed by atoms with Crippen molar-refractivity contribution in [3.63, 3.8) is 0 Å². The second-order valence-electron chi connectivity index (χ2n) is 11.1. The summed E-state index contributed by atoms with van der Waals surface area (Å²) in [5.41, 5.74) is 8.52. The Morgan fingerprint density at radius 1 is 0.878 bits per heavy atom. The molecule has 2 aliphatic heterocycles. The van der Waals surface area contributed by atoms with E-state index in [-0.39, 0.29) is 0 Å². The van der Waals surface area contributed by atoms with Gasteiger partial charge >= 0.3 is 0 Å². The number of benzene rings is 2. The van der Waals surface area contributed by atoms with Gasteiger partial charge in [-0.25, -0.2) is 10.4 Å². The third-order valence-electron chi connectivity index (χ3n) is 8.35. The van der Waals surface area contributed by atoms with Crippen LogP contribution in [0.4, 0.5) is 0 Å². The number of rotatable bonds is 9. The summed E-state index contributed by atoms with van der Waals surface area (Å²) in [7, 11) is 0. The number of nitrogens with one attached hydrogen (secondary N) is 1. The molecule has 0 bridgehead atoms. The quantitative estimate of drug-likeness (QED) is 0.239. The first-order valence-corrected chi connectivity index (χ1v) is 14.4. The minimum absolute atomic E-state index is 0.401. The lowest BCUT2D eigenvalue weighted by molar-refractivity contribution is 0.0342. The zero-order valence-electron chi connectivity index (χ0n) is 23.2. The van der Waals surface area contributed by atoms with E-state index >= 15 is 0 Å². The molecule has 2 fully saturated rings. The monoisotopic (exact) mass is 552 g/mol. The fourth-order valence-corrected chi connectivity index (χ4v) is 6.16. The maximum atomic E-state index is 11.8. The van der Waals surface area contributed by atoms with Gasteiger partial charge in [0.25, 0.3) is 5.91 Å². The summed E-state index contributed by atoms with van der Waals surface area (Å²) in [5.74, 6) is 0.0112. The Balaban J connectivity index is 1.07. The van der Waals surface area contributed by atoms with Crippen molar-refractivity contribution >= 4 is 16.9 Å². The van der Waals surface area contributed by atoms with Crippen LogP contribution in [-0.4, -0.2) is 64.7 Å². The number of piperidine rings is 1. The molecular formula is C32H36N6O3. The zero-order valence-corrected chi connectivity index (χ0v) is 23.2. The molecule has 2 aromatic heterocycles. The summed E-state index contributed by atoms with van der Waals surface area (Å²) in [6.07, 6.45) is 6.30. The van der Waals surface area contributed by atoms with Crippen molar-refractivity contribution < 1.29 is 9.53 Å². The van der Waals surface area contributed by atoms with Crippen molar-refractivity contribution in [1.82, 2.24) is 24.8 Å². The molecule has 9 heteroatoms. The van der Waals surface area contributed by atoms with Crippen LogP contribution >= 0.6 is 0 Å². The second-order valence-corrected chi connectivity index (χ2v) is 11.1. The van der Waals surface area contributed by atoms with Gasteiger partial charge in [-0.1, -0.05) is 36.4 Å². The van der Waals surface area contributed by atoms with E-state index in [9.17, 15) is 9.70 Å². The lowest BCUT2D eigenvalue weighted by Crippen LogP contribution is -2.35. The fourth-order valence-electron chi connectivity index (χ4n) is 6.16. The summed E-state index contributed by atoms with van der Waals surface area (Å²) < 4.78 is 7.65. The van der Waals surface area contributed by atoms with Crippen molar-refractivity contribution in [2.24, 2.45) is 5.29 Å². The Hall–Kier alpha value is -3.92. The summed E-state index contributed by atoms with van der Waals surface area (Å²) >= 11 is 0. The highest BCUT2D eigenvalue weighted by atomic mass is 16.5. The highest BCUT2D eigenvalue weighted by Crippen LogP contribution is 2.33. The van der Waals surface area contributed by atoms with Crippen LogP contribution in [0.3, 0.4) is 0 Å².